The van der Waals surface area contributed by atoms with Gasteiger partial charge in [0.2, 0.25) is 11.6 Å². The Hall–Kier alpha value is -3.37. The van der Waals surface area contributed by atoms with Crippen molar-refractivity contribution in [2.75, 3.05) is 6.61 Å². The first-order valence-electron chi connectivity index (χ1n) is 9.67. The minimum absolute atomic E-state index is 0.179. The molecule has 2 aromatic heterocycles. The molecule has 3 N–H and O–H groups in total. The standard InChI is InChI=1S/C21H21N5O4S/c1-12-5-8-17(13(2)10-12)31(29)21-19-23-20(28)15-7-6-14(30-9-3-4-18(22)27)11-16(15)26(19)25-24-21/h5-8,10-11H,3-4,9H2,1-2H3,(H2,22,27)(H,23,28). The molecule has 0 aliphatic heterocycles. The quantitative estimate of drug-likeness (QED) is 0.334. The summed E-state index contributed by atoms with van der Waals surface area (Å²) in [5, 5.41) is 8.80. The summed E-state index contributed by atoms with van der Waals surface area (Å²) in [6, 6.07) is 10.6. The Labute approximate surface area is 180 Å². The highest BCUT2D eigenvalue weighted by Gasteiger charge is 2.26. The van der Waals surface area contributed by atoms with Crippen molar-refractivity contribution < 1.29 is 14.1 Å². The SMILES string of the molecule is Cc1ccc([S+]([O-])c2nnn3c2[nH]c(=O)c2ccc(OCCCC(N)=O)cc23)c(C)c1. The van der Waals surface area contributed by atoms with Crippen LogP contribution in [0.25, 0.3) is 16.6 Å². The van der Waals surface area contributed by atoms with Gasteiger partial charge in [0, 0.05) is 29.2 Å². The van der Waals surface area contributed by atoms with E-state index in [1.807, 2.05) is 26.0 Å². The van der Waals surface area contributed by atoms with Crippen molar-refractivity contribution in [3.63, 3.8) is 0 Å². The molecule has 0 bridgehead atoms. The number of nitrogens with two attached hydrogens (primary N) is 1. The van der Waals surface area contributed by atoms with Crippen molar-refractivity contribution in [3.05, 3.63) is 57.9 Å². The van der Waals surface area contributed by atoms with E-state index in [9.17, 15) is 14.1 Å². The molecule has 0 spiro atoms. The van der Waals surface area contributed by atoms with Crippen molar-refractivity contribution in [2.45, 2.75) is 36.6 Å². The van der Waals surface area contributed by atoms with E-state index in [0.29, 0.717) is 34.6 Å². The number of aromatic nitrogens is 4. The second-order valence-electron chi connectivity index (χ2n) is 7.24. The van der Waals surface area contributed by atoms with Crippen molar-refractivity contribution in [1.82, 2.24) is 19.8 Å². The lowest BCUT2D eigenvalue weighted by Gasteiger charge is -2.10. The molecule has 0 radical (unpaired) electrons. The van der Waals surface area contributed by atoms with Crippen molar-refractivity contribution in [3.8, 4) is 5.75 Å². The first kappa shape index (κ1) is 20.9. The normalized spacial score (nSPS) is 12.4. The van der Waals surface area contributed by atoms with E-state index >= 15 is 0 Å². The van der Waals surface area contributed by atoms with Gasteiger partial charge < -0.3 is 20.0 Å². The Morgan fingerprint density at radius 1 is 1.26 bits per heavy atom. The van der Waals surface area contributed by atoms with E-state index in [0.717, 1.165) is 11.1 Å². The van der Waals surface area contributed by atoms with Gasteiger partial charge in [-0.15, -0.1) is 0 Å². The fraction of sp³-hybridized carbons (Fsp3) is 0.238. The molecule has 0 fully saturated rings. The zero-order valence-electron chi connectivity index (χ0n) is 17.0. The Bertz CT molecular complexity index is 1350. The third-order valence-electron chi connectivity index (χ3n) is 4.86. The van der Waals surface area contributed by atoms with Gasteiger partial charge in [-0.05, 0) is 38.5 Å². The molecule has 31 heavy (non-hydrogen) atoms. The van der Waals surface area contributed by atoms with Gasteiger partial charge in [0.25, 0.3) is 5.56 Å². The number of aromatic amines is 1. The summed E-state index contributed by atoms with van der Waals surface area (Å²) >= 11 is -1.62. The molecule has 9 nitrogen and oxygen atoms in total. The number of rotatable bonds is 7. The van der Waals surface area contributed by atoms with Gasteiger partial charge in [0.15, 0.2) is 4.90 Å². The smallest absolute Gasteiger partial charge is 0.313 e. The predicted molar refractivity (Wildman–Crippen MR) is 116 cm³/mol. The van der Waals surface area contributed by atoms with Crippen molar-refractivity contribution in [2.24, 2.45) is 5.73 Å². The van der Waals surface area contributed by atoms with E-state index in [-0.39, 0.29) is 28.6 Å². The van der Waals surface area contributed by atoms with Crippen LogP contribution in [0.2, 0.25) is 0 Å². The van der Waals surface area contributed by atoms with E-state index in [1.54, 1.807) is 24.3 Å². The Balaban J connectivity index is 1.74. The Morgan fingerprint density at radius 3 is 2.81 bits per heavy atom. The molecular formula is C21H21N5O4S. The van der Waals surface area contributed by atoms with Crippen molar-refractivity contribution >= 4 is 33.6 Å². The lowest BCUT2D eigenvalue weighted by atomic mass is 10.2. The lowest BCUT2D eigenvalue weighted by molar-refractivity contribution is -0.118. The molecule has 160 valence electrons. The number of amides is 1. The van der Waals surface area contributed by atoms with E-state index in [1.165, 1.54) is 4.52 Å². The van der Waals surface area contributed by atoms with E-state index in [4.69, 9.17) is 10.5 Å². The summed E-state index contributed by atoms with van der Waals surface area (Å²) in [7, 11) is 0. The van der Waals surface area contributed by atoms with Crippen LogP contribution < -0.4 is 16.0 Å². The van der Waals surface area contributed by atoms with Crippen LogP contribution >= 0.6 is 0 Å². The van der Waals surface area contributed by atoms with Gasteiger partial charge >= 0.3 is 5.03 Å². The number of hydrogen-bond acceptors (Lipinski definition) is 6. The topological polar surface area (TPSA) is 138 Å². The molecule has 1 amide bonds. The highest BCUT2D eigenvalue weighted by Crippen LogP contribution is 2.27. The Morgan fingerprint density at radius 2 is 2.06 bits per heavy atom. The number of ether oxygens (including phenoxy) is 1. The van der Waals surface area contributed by atoms with Gasteiger partial charge in [-0.25, -0.2) is 0 Å². The largest absolute Gasteiger partial charge is 0.605 e. The maximum Gasteiger partial charge on any atom is 0.313 e. The summed E-state index contributed by atoms with van der Waals surface area (Å²) in [6.07, 6.45) is 0.717. The molecule has 1 unspecified atom stereocenters. The number of nitrogens with one attached hydrogen (secondary N) is 1. The number of H-pyrrole nitrogens is 1. The molecule has 2 heterocycles. The number of primary amides is 1. The Kier molecular flexibility index (Phi) is 5.66. The third kappa shape index (κ3) is 4.12. The minimum atomic E-state index is -1.62. The maximum atomic E-state index is 13.2. The first-order chi connectivity index (χ1) is 14.8. The molecule has 0 aliphatic carbocycles. The maximum absolute atomic E-state index is 13.2. The number of fused-ring (bicyclic) bond motifs is 3. The van der Waals surface area contributed by atoms with Crippen LogP contribution in [0.15, 0.2) is 51.1 Å². The second kappa shape index (κ2) is 8.40. The van der Waals surface area contributed by atoms with Gasteiger partial charge in [0.1, 0.15) is 5.75 Å². The molecular weight excluding hydrogens is 418 g/mol. The summed E-state index contributed by atoms with van der Waals surface area (Å²) in [4.78, 5) is 26.9. The molecule has 4 rings (SSSR count). The van der Waals surface area contributed by atoms with Crippen LogP contribution in [0.3, 0.4) is 0 Å². The molecule has 2 aromatic carbocycles. The fourth-order valence-corrected chi connectivity index (χ4v) is 4.53. The zero-order chi connectivity index (χ0) is 22.1. The molecule has 0 saturated carbocycles. The highest BCUT2D eigenvalue weighted by molar-refractivity contribution is 7.91. The van der Waals surface area contributed by atoms with Crippen LogP contribution in [0, 0.1) is 13.8 Å². The number of carbonyl (C=O) groups excluding carboxylic acids is 1. The zero-order valence-corrected chi connectivity index (χ0v) is 17.9. The summed E-state index contributed by atoms with van der Waals surface area (Å²) < 4.78 is 20.3. The minimum Gasteiger partial charge on any atom is -0.605 e. The summed E-state index contributed by atoms with van der Waals surface area (Å²) in [5.74, 6) is 0.124. The van der Waals surface area contributed by atoms with Crippen LogP contribution in [0.4, 0.5) is 0 Å². The molecule has 10 heteroatoms. The summed E-state index contributed by atoms with van der Waals surface area (Å²) in [5.41, 5.74) is 7.46. The molecule has 1 atom stereocenters. The molecule has 4 aromatic rings. The molecule has 0 saturated heterocycles. The monoisotopic (exact) mass is 439 g/mol. The first-order valence-corrected chi connectivity index (χ1v) is 10.8. The highest BCUT2D eigenvalue weighted by atomic mass is 32.2. The van der Waals surface area contributed by atoms with Crippen LogP contribution in [0.1, 0.15) is 24.0 Å². The van der Waals surface area contributed by atoms with Crippen molar-refractivity contribution in [1.29, 1.82) is 0 Å². The average molecular weight is 439 g/mol. The number of hydrogen-bond donors (Lipinski definition) is 2. The van der Waals surface area contributed by atoms with Gasteiger partial charge in [0.05, 0.1) is 17.5 Å². The van der Waals surface area contributed by atoms with E-state index < -0.39 is 11.2 Å². The van der Waals surface area contributed by atoms with Gasteiger partial charge in [-0.2, -0.15) is 4.52 Å². The predicted octanol–water partition coefficient (Wildman–Crippen LogP) is 2.00. The molecule has 0 aliphatic rings. The number of benzene rings is 2. The lowest BCUT2D eigenvalue weighted by Crippen LogP contribution is -2.13. The van der Waals surface area contributed by atoms with Crippen LogP contribution in [0.5, 0.6) is 5.75 Å². The number of nitrogens with zero attached hydrogens (tertiary/aromatic N) is 3. The number of carbonyl (C=O) groups is 1. The van der Waals surface area contributed by atoms with Crippen LogP contribution in [-0.4, -0.2) is 36.9 Å². The van der Waals surface area contributed by atoms with Gasteiger partial charge in [-0.3, -0.25) is 9.59 Å². The second-order valence-corrected chi connectivity index (χ2v) is 8.61. The van der Waals surface area contributed by atoms with E-state index in [2.05, 4.69) is 15.3 Å². The van der Waals surface area contributed by atoms with Gasteiger partial charge in [-0.1, -0.05) is 28.0 Å². The van der Waals surface area contributed by atoms with Crippen LogP contribution in [-0.2, 0) is 16.0 Å². The summed E-state index contributed by atoms with van der Waals surface area (Å²) in [6.45, 7) is 4.15. The average Bonchev–Trinajstić information content (AvgIpc) is 3.14. The third-order valence-corrected chi connectivity index (χ3v) is 6.34. The number of aryl methyl sites for hydroxylation is 2. The fourth-order valence-electron chi connectivity index (χ4n) is 3.36.